The molecule has 0 unspecified atom stereocenters. The minimum atomic E-state index is -0.227. The van der Waals surface area contributed by atoms with Crippen LogP contribution in [0.4, 0.5) is 15.8 Å². The number of nitrogens with two attached hydrogens (primary N) is 1. The molecule has 0 aliphatic heterocycles. The van der Waals surface area contributed by atoms with E-state index in [1.54, 1.807) is 24.3 Å². The lowest BCUT2D eigenvalue weighted by molar-refractivity contribution is 0.326. The van der Waals surface area contributed by atoms with Crippen LogP contribution in [0.25, 0.3) is 0 Å². The standard InChI is InChI=1S/C15H17FN2O/c1-18(14-6-2-12(16)3-7-14)10-11-19-15-8-4-13(17)5-9-15/h2-9H,10-11,17H2,1H3. The Labute approximate surface area is 112 Å². The van der Waals surface area contributed by atoms with Crippen molar-refractivity contribution in [1.29, 1.82) is 0 Å². The van der Waals surface area contributed by atoms with Gasteiger partial charge in [0.15, 0.2) is 0 Å². The van der Waals surface area contributed by atoms with E-state index < -0.39 is 0 Å². The molecule has 0 saturated heterocycles. The third-order valence-corrected chi connectivity index (χ3v) is 2.84. The van der Waals surface area contributed by atoms with E-state index in [9.17, 15) is 4.39 Å². The first-order valence-corrected chi connectivity index (χ1v) is 6.10. The van der Waals surface area contributed by atoms with Crippen molar-refractivity contribution in [1.82, 2.24) is 0 Å². The normalized spacial score (nSPS) is 10.2. The highest BCUT2D eigenvalue weighted by Crippen LogP contribution is 2.15. The molecule has 3 nitrogen and oxygen atoms in total. The Morgan fingerprint density at radius 3 is 2.32 bits per heavy atom. The number of nitrogens with zero attached hydrogens (tertiary/aromatic N) is 1. The summed E-state index contributed by atoms with van der Waals surface area (Å²) in [7, 11) is 1.94. The molecule has 100 valence electrons. The van der Waals surface area contributed by atoms with Crippen LogP contribution in [0.1, 0.15) is 0 Å². The lowest BCUT2D eigenvalue weighted by Crippen LogP contribution is -2.23. The Balaban J connectivity index is 1.82. The van der Waals surface area contributed by atoms with Crippen LogP contribution < -0.4 is 15.4 Å². The predicted molar refractivity (Wildman–Crippen MR) is 76.0 cm³/mol. The van der Waals surface area contributed by atoms with Crippen LogP contribution in [0, 0.1) is 5.82 Å². The summed E-state index contributed by atoms with van der Waals surface area (Å²) in [6, 6.07) is 13.7. The molecular formula is C15H17FN2O. The van der Waals surface area contributed by atoms with E-state index in [0.717, 1.165) is 23.7 Å². The molecule has 0 amide bonds. The molecule has 0 radical (unpaired) electrons. The zero-order chi connectivity index (χ0) is 13.7. The molecule has 0 fully saturated rings. The molecule has 2 rings (SSSR count). The average molecular weight is 260 g/mol. The number of benzene rings is 2. The summed E-state index contributed by atoms with van der Waals surface area (Å²) in [5.74, 6) is 0.567. The number of likely N-dealkylation sites (N-methyl/N-ethyl adjacent to an activating group) is 1. The van der Waals surface area contributed by atoms with Gasteiger partial charge in [0.2, 0.25) is 0 Å². The van der Waals surface area contributed by atoms with E-state index in [0.29, 0.717) is 6.61 Å². The zero-order valence-electron chi connectivity index (χ0n) is 10.8. The highest BCUT2D eigenvalue weighted by Gasteiger charge is 2.01. The molecule has 0 saturated carbocycles. The molecule has 19 heavy (non-hydrogen) atoms. The Hall–Kier alpha value is -2.23. The van der Waals surface area contributed by atoms with Crippen LogP contribution in [-0.2, 0) is 0 Å². The zero-order valence-corrected chi connectivity index (χ0v) is 10.8. The molecule has 0 aliphatic carbocycles. The Morgan fingerprint density at radius 1 is 1.05 bits per heavy atom. The topological polar surface area (TPSA) is 38.5 Å². The molecule has 0 bridgehead atoms. The van der Waals surface area contributed by atoms with Gasteiger partial charge in [-0.1, -0.05) is 0 Å². The lowest BCUT2D eigenvalue weighted by atomic mass is 10.3. The number of rotatable bonds is 5. The molecule has 2 aromatic rings. The van der Waals surface area contributed by atoms with E-state index in [1.165, 1.54) is 12.1 Å². The third-order valence-electron chi connectivity index (χ3n) is 2.84. The minimum absolute atomic E-state index is 0.227. The molecule has 2 N–H and O–H groups in total. The van der Waals surface area contributed by atoms with Gasteiger partial charge in [-0.3, -0.25) is 0 Å². The molecule has 0 aromatic heterocycles. The number of anilines is 2. The number of ether oxygens (including phenoxy) is 1. The van der Waals surface area contributed by atoms with E-state index >= 15 is 0 Å². The van der Waals surface area contributed by atoms with E-state index in [-0.39, 0.29) is 5.82 Å². The third kappa shape index (κ3) is 3.88. The summed E-state index contributed by atoms with van der Waals surface area (Å²) in [6.07, 6.45) is 0. The SMILES string of the molecule is CN(CCOc1ccc(N)cc1)c1ccc(F)cc1. The molecule has 0 aliphatic rings. The second kappa shape index (κ2) is 6.09. The number of hydrogen-bond donors (Lipinski definition) is 1. The van der Waals surface area contributed by atoms with E-state index in [4.69, 9.17) is 10.5 Å². The van der Waals surface area contributed by atoms with Gasteiger partial charge in [-0.25, -0.2) is 4.39 Å². The van der Waals surface area contributed by atoms with Gasteiger partial charge in [0.25, 0.3) is 0 Å². The van der Waals surface area contributed by atoms with Crippen LogP contribution in [0.15, 0.2) is 48.5 Å². The van der Waals surface area contributed by atoms with Gasteiger partial charge in [0.05, 0.1) is 6.54 Å². The van der Waals surface area contributed by atoms with Crippen LogP contribution >= 0.6 is 0 Å². The van der Waals surface area contributed by atoms with Crippen LogP contribution in [0.3, 0.4) is 0 Å². The first-order chi connectivity index (χ1) is 9.15. The molecule has 2 aromatic carbocycles. The van der Waals surface area contributed by atoms with Crippen molar-refractivity contribution in [3.8, 4) is 5.75 Å². The van der Waals surface area contributed by atoms with Crippen LogP contribution in [0.2, 0.25) is 0 Å². The average Bonchev–Trinajstić information content (AvgIpc) is 2.41. The summed E-state index contributed by atoms with van der Waals surface area (Å²) in [5, 5.41) is 0. The molecule has 4 heteroatoms. The summed E-state index contributed by atoms with van der Waals surface area (Å²) >= 11 is 0. The van der Waals surface area contributed by atoms with Crippen molar-refractivity contribution in [3.05, 3.63) is 54.3 Å². The maximum absolute atomic E-state index is 12.8. The minimum Gasteiger partial charge on any atom is -0.492 e. The Morgan fingerprint density at radius 2 is 1.68 bits per heavy atom. The first-order valence-electron chi connectivity index (χ1n) is 6.10. The number of hydrogen-bond acceptors (Lipinski definition) is 3. The maximum Gasteiger partial charge on any atom is 0.123 e. The van der Waals surface area contributed by atoms with Crippen molar-refractivity contribution >= 4 is 11.4 Å². The fraction of sp³-hybridized carbons (Fsp3) is 0.200. The Bertz CT molecular complexity index is 511. The predicted octanol–water partition coefficient (Wildman–Crippen LogP) is 2.92. The van der Waals surface area contributed by atoms with E-state index in [1.807, 2.05) is 24.1 Å². The Kier molecular flexibility index (Phi) is 4.23. The van der Waals surface area contributed by atoms with Gasteiger partial charge in [0, 0.05) is 18.4 Å². The van der Waals surface area contributed by atoms with Gasteiger partial charge >= 0.3 is 0 Å². The molecule has 0 spiro atoms. The highest BCUT2D eigenvalue weighted by molar-refractivity contribution is 5.45. The van der Waals surface area contributed by atoms with Gasteiger partial charge in [-0.05, 0) is 48.5 Å². The van der Waals surface area contributed by atoms with Crippen LogP contribution in [0.5, 0.6) is 5.75 Å². The van der Waals surface area contributed by atoms with Crippen molar-refractivity contribution in [2.75, 3.05) is 30.8 Å². The summed E-state index contributed by atoms with van der Waals surface area (Å²) in [5.41, 5.74) is 7.28. The number of nitrogen functional groups attached to an aromatic ring is 1. The highest BCUT2D eigenvalue weighted by atomic mass is 19.1. The molecular weight excluding hydrogens is 243 g/mol. The van der Waals surface area contributed by atoms with Crippen molar-refractivity contribution in [2.24, 2.45) is 0 Å². The monoisotopic (exact) mass is 260 g/mol. The quantitative estimate of drug-likeness (QED) is 0.840. The largest absolute Gasteiger partial charge is 0.492 e. The van der Waals surface area contributed by atoms with Gasteiger partial charge in [-0.2, -0.15) is 0 Å². The second-order valence-electron chi connectivity index (χ2n) is 4.32. The lowest BCUT2D eigenvalue weighted by Gasteiger charge is -2.19. The maximum atomic E-state index is 12.8. The van der Waals surface area contributed by atoms with E-state index in [2.05, 4.69) is 0 Å². The fourth-order valence-electron chi connectivity index (χ4n) is 1.69. The summed E-state index contributed by atoms with van der Waals surface area (Å²) in [6.45, 7) is 1.27. The van der Waals surface area contributed by atoms with Crippen LogP contribution in [-0.4, -0.2) is 20.2 Å². The first kappa shape index (κ1) is 13.2. The van der Waals surface area contributed by atoms with Crippen molar-refractivity contribution in [3.63, 3.8) is 0 Å². The fourth-order valence-corrected chi connectivity index (χ4v) is 1.69. The van der Waals surface area contributed by atoms with Gasteiger partial charge in [-0.15, -0.1) is 0 Å². The smallest absolute Gasteiger partial charge is 0.123 e. The summed E-state index contributed by atoms with van der Waals surface area (Å²) in [4.78, 5) is 2.01. The van der Waals surface area contributed by atoms with Crippen molar-refractivity contribution < 1.29 is 9.13 Å². The van der Waals surface area contributed by atoms with Gasteiger partial charge in [0.1, 0.15) is 18.2 Å². The number of halogens is 1. The molecule has 0 heterocycles. The molecule has 0 atom stereocenters. The second-order valence-corrected chi connectivity index (χ2v) is 4.32. The summed E-state index contributed by atoms with van der Waals surface area (Å²) < 4.78 is 18.4. The van der Waals surface area contributed by atoms with Gasteiger partial charge < -0.3 is 15.4 Å². The van der Waals surface area contributed by atoms with Crippen molar-refractivity contribution in [2.45, 2.75) is 0 Å².